The second-order valence-electron chi connectivity index (χ2n) is 6.92. The highest BCUT2D eigenvalue weighted by atomic mass is 16.2. The van der Waals surface area contributed by atoms with Crippen LogP contribution in [0.25, 0.3) is 10.9 Å². The Labute approximate surface area is 137 Å². The van der Waals surface area contributed by atoms with Gasteiger partial charge in [0.15, 0.2) is 0 Å². The van der Waals surface area contributed by atoms with E-state index < -0.39 is 0 Å². The molecule has 2 fully saturated rings. The zero-order valence-electron chi connectivity index (χ0n) is 13.6. The molecule has 2 heterocycles. The molecule has 2 aliphatic rings. The average molecular weight is 309 g/mol. The van der Waals surface area contributed by atoms with E-state index in [0.29, 0.717) is 17.7 Å². The Balaban J connectivity index is 1.36. The minimum Gasteiger partial charge on any atom is -0.340 e. The molecule has 1 aromatic carbocycles. The SMILES string of the molecule is CC1CC1C(=O)N1CCN(Cc2ccc3ccccc3n2)CC1. The molecule has 2 aromatic rings. The fourth-order valence-corrected chi connectivity index (χ4v) is 3.45. The summed E-state index contributed by atoms with van der Waals surface area (Å²) in [5.74, 6) is 1.28. The third-order valence-electron chi connectivity index (χ3n) is 5.15. The molecule has 4 rings (SSSR count). The Kier molecular flexibility index (Phi) is 3.77. The van der Waals surface area contributed by atoms with Crippen LogP contribution >= 0.6 is 0 Å². The molecule has 1 aliphatic heterocycles. The average Bonchev–Trinajstić information content (AvgIpc) is 3.32. The van der Waals surface area contributed by atoms with E-state index in [1.165, 1.54) is 5.39 Å². The predicted molar refractivity (Wildman–Crippen MR) is 90.9 cm³/mol. The van der Waals surface area contributed by atoms with Crippen molar-refractivity contribution in [1.29, 1.82) is 0 Å². The molecule has 1 aromatic heterocycles. The summed E-state index contributed by atoms with van der Waals surface area (Å²) in [4.78, 5) is 21.5. The summed E-state index contributed by atoms with van der Waals surface area (Å²) in [7, 11) is 0. The lowest BCUT2D eigenvalue weighted by molar-refractivity contribution is -0.134. The molecule has 2 unspecified atom stereocenters. The molecule has 0 N–H and O–H groups in total. The van der Waals surface area contributed by atoms with Crippen LogP contribution in [0.3, 0.4) is 0 Å². The van der Waals surface area contributed by atoms with Gasteiger partial charge in [0.05, 0.1) is 11.2 Å². The minimum absolute atomic E-state index is 0.309. The summed E-state index contributed by atoms with van der Waals surface area (Å²) in [5, 5.41) is 1.19. The number of fused-ring (bicyclic) bond motifs is 1. The molecular formula is C19H23N3O. The predicted octanol–water partition coefficient (Wildman–Crippen LogP) is 2.54. The van der Waals surface area contributed by atoms with E-state index in [1.807, 2.05) is 12.1 Å². The van der Waals surface area contributed by atoms with Gasteiger partial charge in [0, 0.05) is 44.0 Å². The smallest absolute Gasteiger partial charge is 0.226 e. The second-order valence-corrected chi connectivity index (χ2v) is 6.92. The third-order valence-corrected chi connectivity index (χ3v) is 5.15. The van der Waals surface area contributed by atoms with Gasteiger partial charge in [-0.15, -0.1) is 0 Å². The van der Waals surface area contributed by atoms with Crippen LogP contribution in [-0.2, 0) is 11.3 Å². The quantitative estimate of drug-likeness (QED) is 0.874. The highest BCUT2D eigenvalue weighted by Gasteiger charge is 2.41. The molecule has 23 heavy (non-hydrogen) atoms. The fourth-order valence-electron chi connectivity index (χ4n) is 3.45. The summed E-state index contributed by atoms with van der Waals surface area (Å²) in [6.45, 7) is 6.64. The lowest BCUT2D eigenvalue weighted by Crippen LogP contribution is -2.48. The van der Waals surface area contributed by atoms with E-state index >= 15 is 0 Å². The molecular weight excluding hydrogens is 286 g/mol. The number of benzene rings is 1. The summed E-state index contributed by atoms with van der Waals surface area (Å²) < 4.78 is 0. The standard InChI is InChI=1S/C19H23N3O/c1-14-12-17(14)19(23)22-10-8-21(9-11-22)13-16-7-6-15-4-2-3-5-18(15)20-16/h2-7,14,17H,8-13H2,1H3. The van der Waals surface area contributed by atoms with Crippen LogP contribution in [0.2, 0.25) is 0 Å². The van der Waals surface area contributed by atoms with Crippen LogP contribution in [0.5, 0.6) is 0 Å². The molecule has 4 nitrogen and oxygen atoms in total. The zero-order chi connectivity index (χ0) is 15.8. The Morgan fingerprint density at radius 3 is 2.61 bits per heavy atom. The monoisotopic (exact) mass is 309 g/mol. The maximum atomic E-state index is 12.3. The van der Waals surface area contributed by atoms with Crippen molar-refractivity contribution in [3.05, 3.63) is 42.1 Å². The van der Waals surface area contributed by atoms with Gasteiger partial charge in [0.1, 0.15) is 0 Å². The molecule has 4 heteroatoms. The van der Waals surface area contributed by atoms with Gasteiger partial charge in [0.25, 0.3) is 0 Å². The highest BCUT2D eigenvalue weighted by Crippen LogP contribution is 2.39. The molecule has 1 saturated heterocycles. The topological polar surface area (TPSA) is 36.4 Å². The second kappa shape index (κ2) is 5.93. The number of carbonyl (C=O) groups is 1. The number of hydrogen-bond acceptors (Lipinski definition) is 3. The lowest BCUT2D eigenvalue weighted by atomic mass is 10.2. The number of piperazine rings is 1. The Morgan fingerprint density at radius 2 is 1.87 bits per heavy atom. The van der Waals surface area contributed by atoms with Crippen molar-refractivity contribution in [3.63, 3.8) is 0 Å². The van der Waals surface area contributed by atoms with Gasteiger partial charge in [-0.2, -0.15) is 0 Å². The van der Waals surface area contributed by atoms with Gasteiger partial charge < -0.3 is 4.90 Å². The molecule has 1 aliphatic carbocycles. The van der Waals surface area contributed by atoms with E-state index in [-0.39, 0.29) is 0 Å². The van der Waals surface area contributed by atoms with Crippen LogP contribution < -0.4 is 0 Å². The molecule has 2 atom stereocenters. The van der Waals surface area contributed by atoms with Crippen LogP contribution in [0, 0.1) is 11.8 Å². The molecule has 0 radical (unpaired) electrons. The largest absolute Gasteiger partial charge is 0.340 e. The number of para-hydroxylation sites is 1. The van der Waals surface area contributed by atoms with Crippen molar-refractivity contribution in [3.8, 4) is 0 Å². The van der Waals surface area contributed by atoms with Crippen molar-refractivity contribution >= 4 is 16.8 Å². The first-order chi connectivity index (χ1) is 11.2. The van der Waals surface area contributed by atoms with Gasteiger partial charge in [-0.05, 0) is 24.5 Å². The summed E-state index contributed by atoms with van der Waals surface area (Å²) in [5.41, 5.74) is 2.17. The minimum atomic E-state index is 0.309. The molecule has 0 spiro atoms. The van der Waals surface area contributed by atoms with Gasteiger partial charge in [-0.3, -0.25) is 14.7 Å². The summed E-state index contributed by atoms with van der Waals surface area (Å²) in [6.07, 6.45) is 1.08. The Morgan fingerprint density at radius 1 is 1.13 bits per heavy atom. The molecule has 0 bridgehead atoms. The first kappa shape index (κ1) is 14.6. The number of carbonyl (C=O) groups excluding carboxylic acids is 1. The van der Waals surface area contributed by atoms with E-state index in [2.05, 4.69) is 41.0 Å². The van der Waals surface area contributed by atoms with Gasteiger partial charge >= 0.3 is 0 Å². The fraction of sp³-hybridized carbons (Fsp3) is 0.474. The number of amides is 1. The maximum absolute atomic E-state index is 12.3. The molecule has 1 amide bonds. The molecule has 1 saturated carbocycles. The first-order valence-electron chi connectivity index (χ1n) is 8.56. The van der Waals surface area contributed by atoms with Gasteiger partial charge in [-0.1, -0.05) is 31.2 Å². The highest BCUT2D eigenvalue weighted by molar-refractivity contribution is 5.81. The number of aromatic nitrogens is 1. The van der Waals surface area contributed by atoms with Crippen molar-refractivity contribution in [2.75, 3.05) is 26.2 Å². The number of hydrogen-bond donors (Lipinski definition) is 0. The maximum Gasteiger partial charge on any atom is 0.226 e. The van der Waals surface area contributed by atoms with E-state index in [4.69, 9.17) is 4.98 Å². The van der Waals surface area contributed by atoms with E-state index in [1.54, 1.807) is 0 Å². The Bertz CT molecular complexity index is 721. The van der Waals surface area contributed by atoms with Crippen molar-refractivity contribution in [1.82, 2.24) is 14.8 Å². The van der Waals surface area contributed by atoms with Crippen LogP contribution in [0.4, 0.5) is 0 Å². The zero-order valence-corrected chi connectivity index (χ0v) is 13.6. The van der Waals surface area contributed by atoms with Crippen molar-refractivity contribution in [2.45, 2.75) is 19.9 Å². The number of rotatable bonds is 3. The molecule has 120 valence electrons. The lowest BCUT2D eigenvalue weighted by Gasteiger charge is -2.34. The van der Waals surface area contributed by atoms with Gasteiger partial charge in [0.2, 0.25) is 5.91 Å². The summed E-state index contributed by atoms with van der Waals surface area (Å²) in [6, 6.07) is 12.5. The third kappa shape index (κ3) is 3.08. The number of nitrogens with zero attached hydrogens (tertiary/aromatic N) is 3. The number of pyridine rings is 1. The van der Waals surface area contributed by atoms with E-state index in [0.717, 1.165) is 50.4 Å². The van der Waals surface area contributed by atoms with Crippen LogP contribution in [0.15, 0.2) is 36.4 Å². The van der Waals surface area contributed by atoms with E-state index in [9.17, 15) is 4.79 Å². The van der Waals surface area contributed by atoms with Crippen molar-refractivity contribution < 1.29 is 4.79 Å². The Hall–Kier alpha value is -1.94. The summed E-state index contributed by atoms with van der Waals surface area (Å²) >= 11 is 0. The first-order valence-corrected chi connectivity index (χ1v) is 8.56. The van der Waals surface area contributed by atoms with Crippen LogP contribution in [-0.4, -0.2) is 46.9 Å². The van der Waals surface area contributed by atoms with Gasteiger partial charge in [-0.25, -0.2) is 0 Å². The van der Waals surface area contributed by atoms with Crippen LogP contribution in [0.1, 0.15) is 19.0 Å². The van der Waals surface area contributed by atoms with Crippen molar-refractivity contribution in [2.24, 2.45) is 11.8 Å². The normalized spacial score (nSPS) is 24.8.